The average molecular weight is 417 g/mol. The quantitative estimate of drug-likeness (QED) is 0.151. The summed E-state index contributed by atoms with van der Waals surface area (Å²) >= 11 is 5.98. The zero-order valence-corrected chi connectivity index (χ0v) is 19.7. The Morgan fingerprint density at radius 1 is 0.821 bits per heavy atom. The van der Waals surface area contributed by atoms with Gasteiger partial charge < -0.3 is 4.48 Å². The van der Waals surface area contributed by atoms with Gasteiger partial charge in [-0.1, -0.05) is 58.3 Å². The van der Waals surface area contributed by atoms with Crippen molar-refractivity contribution in [2.24, 2.45) is 0 Å². The lowest BCUT2D eigenvalue weighted by Crippen LogP contribution is -2.43. The molecule has 0 aliphatic carbocycles. The number of carbonyl (C=O) groups excluding carboxylic acids is 2. The first-order valence-electron chi connectivity index (χ1n) is 11.3. The number of quaternary nitrogens is 1. The number of carbonyl (C=O) groups is 2. The Morgan fingerprint density at radius 2 is 1.29 bits per heavy atom. The predicted molar refractivity (Wildman–Crippen MR) is 117 cm³/mol. The molecule has 164 valence electrons. The molecule has 0 atom stereocenters. The molecule has 1 aliphatic rings. The third-order valence-corrected chi connectivity index (χ3v) is 6.49. The van der Waals surface area contributed by atoms with Gasteiger partial charge in [-0.2, -0.15) is 0 Å². The standard InChI is InChI=1S/C22H43ClN3O2/c1-6-7-8-9-10-11-12-13-14-15-18-26(4,5)19-16-17-24-20(27)22(2,3)25(23)21(24)28/h6-19H2,1-5H3/q+1. The maximum atomic E-state index is 12.3. The monoisotopic (exact) mass is 416 g/mol. The Hall–Kier alpha value is -0.810. The molecule has 0 spiro atoms. The second kappa shape index (κ2) is 12.0. The molecule has 1 saturated heterocycles. The number of imide groups is 1. The van der Waals surface area contributed by atoms with E-state index in [0.717, 1.165) is 28.4 Å². The van der Waals surface area contributed by atoms with Crippen molar-refractivity contribution in [1.82, 2.24) is 9.32 Å². The van der Waals surface area contributed by atoms with Gasteiger partial charge in [0.25, 0.3) is 5.91 Å². The predicted octanol–water partition coefficient (Wildman–Crippen LogP) is 5.57. The number of hydrogen-bond acceptors (Lipinski definition) is 2. The summed E-state index contributed by atoms with van der Waals surface area (Å²) in [6, 6.07) is -0.392. The third kappa shape index (κ3) is 7.90. The normalized spacial score (nSPS) is 17.1. The van der Waals surface area contributed by atoms with E-state index in [-0.39, 0.29) is 5.91 Å². The van der Waals surface area contributed by atoms with E-state index in [1.807, 2.05) is 0 Å². The fourth-order valence-electron chi connectivity index (χ4n) is 3.84. The molecule has 1 heterocycles. The van der Waals surface area contributed by atoms with Gasteiger partial charge in [-0.15, -0.1) is 0 Å². The van der Waals surface area contributed by atoms with Crippen LogP contribution in [0.25, 0.3) is 0 Å². The number of halogens is 1. The molecule has 0 bridgehead atoms. The lowest BCUT2D eigenvalue weighted by molar-refractivity contribution is -0.890. The van der Waals surface area contributed by atoms with Gasteiger partial charge >= 0.3 is 6.03 Å². The first-order chi connectivity index (χ1) is 13.1. The molecule has 6 heteroatoms. The minimum absolute atomic E-state index is 0.201. The first kappa shape index (κ1) is 25.2. The van der Waals surface area contributed by atoms with Crippen molar-refractivity contribution in [3.05, 3.63) is 0 Å². The van der Waals surface area contributed by atoms with Crippen LogP contribution in [0, 0.1) is 0 Å². The largest absolute Gasteiger partial charge is 0.342 e. The molecule has 0 aromatic carbocycles. The van der Waals surface area contributed by atoms with Gasteiger partial charge in [0.2, 0.25) is 0 Å². The van der Waals surface area contributed by atoms with Crippen LogP contribution in [-0.4, -0.2) is 65.0 Å². The minimum atomic E-state index is -0.945. The summed E-state index contributed by atoms with van der Waals surface area (Å²) in [7, 11) is 4.47. The number of urea groups is 1. The van der Waals surface area contributed by atoms with E-state index in [4.69, 9.17) is 11.8 Å². The maximum Gasteiger partial charge on any atom is 0.342 e. The summed E-state index contributed by atoms with van der Waals surface area (Å²) in [4.78, 5) is 25.8. The summed E-state index contributed by atoms with van der Waals surface area (Å²) in [5, 5.41) is 0. The molecule has 1 fully saturated rings. The molecular weight excluding hydrogens is 374 g/mol. The zero-order valence-electron chi connectivity index (χ0n) is 18.9. The van der Waals surface area contributed by atoms with Gasteiger partial charge in [0, 0.05) is 24.7 Å². The van der Waals surface area contributed by atoms with Crippen molar-refractivity contribution in [2.45, 2.75) is 96.9 Å². The number of hydrogen-bond donors (Lipinski definition) is 0. The van der Waals surface area contributed by atoms with Crippen LogP contribution in [0.2, 0.25) is 0 Å². The van der Waals surface area contributed by atoms with E-state index in [9.17, 15) is 9.59 Å². The summed E-state index contributed by atoms with van der Waals surface area (Å²) in [6.45, 7) is 8.18. The van der Waals surface area contributed by atoms with E-state index in [1.54, 1.807) is 13.8 Å². The first-order valence-corrected chi connectivity index (χ1v) is 11.6. The Kier molecular flexibility index (Phi) is 10.8. The summed E-state index contributed by atoms with van der Waals surface area (Å²) in [5.74, 6) is -0.201. The lowest BCUT2D eigenvalue weighted by Gasteiger charge is -2.30. The highest BCUT2D eigenvalue weighted by Gasteiger charge is 2.50. The fraction of sp³-hybridized carbons (Fsp3) is 0.909. The van der Waals surface area contributed by atoms with Gasteiger partial charge in [0.05, 0.1) is 27.2 Å². The third-order valence-electron chi connectivity index (χ3n) is 5.92. The Labute approximate surface area is 178 Å². The Balaban J connectivity index is 2.13. The molecular formula is C22H43ClN3O2+. The van der Waals surface area contributed by atoms with Gasteiger partial charge in [0.15, 0.2) is 0 Å². The van der Waals surface area contributed by atoms with Crippen molar-refractivity contribution in [3.8, 4) is 0 Å². The van der Waals surface area contributed by atoms with E-state index in [1.165, 1.54) is 69.1 Å². The Morgan fingerprint density at radius 3 is 1.75 bits per heavy atom. The number of unbranched alkanes of at least 4 members (excludes halogenated alkanes) is 9. The lowest BCUT2D eigenvalue weighted by atomic mass is 10.1. The second-order valence-corrected chi connectivity index (χ2v) is 9.84. The van der Waals surface area contributed by atoms with Crippen LogP contribution in [0.4, 0.5) is 4.79 Å². The van der Waals surface area contributed by atoms with Gasteiger partial charge in [-0.05, 0) is 26.7 Å². The van der Waals surface area contributed by atoms with Crippen molar-refractivity contribution < 1.29 is 14.1 Å². The van der Waals surface area contributed by atoms with Gasteiger partial charge in [0.1, 0.15) is 5.54 Å². The minimum Gasteiger partial charge on any atom is -0.328 e. The van der Waals surface area contributed by atoms with Crippen LogP contribution in [0.15, 0.2) is 0 Å². The highest BCUT2D eigenvalue weighted by Crippen LogP contribution is 2.29. The molecule has 1 aliphatic heterocycles. The smallest absolute Gasteiger partial charge is 0.328 e. The molecule has 3 amide bonds. The molecule has 0 radical (unpaired) electrons. The summed E-state index contributed by atoms with van der Waals surface area (Å²) in [5.41, 5.74) is -0.945. The van der Waals surface area contributed by atoms with Crippen LogP contribution < -0.4 is 0 Å². The van der Waals surface area contributed by atoms with Crippen LogP contribution >= 0.6 is 11.8 Å². The van der Waals surface area contributed by atoms with Crippen molar-refractivity contribution in [2.75, 3.05) is 33.7 Å². The number of nitrogens with zero attached hydrogens (tertiary/aromatic N) is 3. The molecule has 0 N–H and O–H groups in total. The van der Waals surface area contributed by atoms with Crippen molar-refractivity contribution in [3.63, 3.8) is 0 Å². The molecule has 0 unspecified atom stereocenters. The fourth-order valence-corrected chi connectivity index (χ4v) is 4.00. The summed E-state index contributed by atoms with van der Waals surface area (Å²) < 4.78 is 1.96. The number of rotatable bonds is 15. The van der Waals surface area contributed by atoms with Crippen LogP contribution in [-0.2, 0) is 4.79 Å². The van der Waals surface area contributed by atoms with Crippen LogP contribution in [0.5, 0.6) is 0 Å². The molecule has 1 rings (SSSR count). The topological polar surface area (TPSA) is 40.6 Å². The van der Waals surface area contributed by atoms with E-state index in [2.05, 4.69) is 21.0 Å². The second-order valence-electron chi connectivity index (χ2n) is 9.50. The van der Waals surface area contributed by atoms with E-state index < -0.39 is 11.6 Å². The highest BCUT2D eigenvalue weighted by atomic mass is 35.5. The van der Waals surface area contributed by atoms with Crippen molar-refractivity contribution >= 4 is 23.7 Å². The highest BCUT2D eigenvalue weighted by molar-refractivity contribution is 6.27. The Bertz CT molecular complexity index is 494. The maximum absolute atomic E-state index is 12.3. The van der Waals surface area contributed by atoms with Crippen molar-refractivity contribution in [1.29, 1.82) is 0 Å². The molecule has 0 aromatic rings. The van der Waals surface area contributed by atoms with Gasteiger partial charge in [-0.25, -0.2) is 9.21 Å². The van der Waals surface area contributed by atoms with E-state index >= 15 is 0 Å². The average Bonchev–Trinajstić information content (AvgIpc) is 2.78. The molecule has 5 nitrogen and oxygen atoms in total. The SMILES string of the molecule is CCCCCCCCCCCC[N+](C)(C)CCCN1C(=O)N(Cl)C(C)(C)C1=O. The molecule has 0 aromatic heterocycles. The number of amides is 3. The zero-order chi connectivity index (χ0) is 21.2. The van der Waals surface area contributed by atoms with Gasteiger partial charge in [-0.3, -0.25) is 9.69 Å². The molecule has 28 heavy (non-hydrogen) atoms. The summed E-state index contributed by atoms with van der Waals surface area (Å²) in [6.07, 6.45) is 14.3. The van der Waals surface area contributed by atoms with Crippen LogP contribution in [0.3, 0.4) is 0 Å². The molecule has 0 saturated carbocycles. The van der Waals surface area contributed by atoms with Crippen LogP contribution in [0.1, 0.15) is 91.4 Å². The van der Waals surface area contributed by atoms with E-state index in [0.29, 0.717) is 6.54 Å².